The van der Waals surface area contributed by atoms with Crippen LogP contribution in [0.15, 0.2) is 60.9 Å². The van der Waals surface area contributed by atoms with Gasteiger partial charge in [-0.2, -0.15) is 5.26 Å². The number of aliphatic hydroxyl groups is 1. The third kappa shape index (κ3) is 9.82. The fourth-order valence-corrected chi connectivity index (χ4v) is 5.19. The van der Waals surface area contributed by atoms with Crippen molar-refractivity contribution in [3.05, 3.63) is 117 Å². The van der Waals surface area contributed by atoms with Crippen LogP contribution in [0, 0.1) is 30.6 Å². The molecule has 0 saturated heterocycles. The lowest BCUT2D eigenvalue weighted by molar-refractivity contribution is -0.180. The molecule has 0 atom stereocenters. The first-order valence-corrected chi connectivity index (χ1v) is 15.9. The number of nitrogens with zero attached hydrogens (tertiary/aromatic N) is 3. The molecule has 48 heavy (non-hydrogen) atoms. The maximum absolute atomic E-state index is 9.91. The fourth-order valence-electron chi connectivity index (χ4n) is 5.19. The minimum atomic E-state index is -0.605. The van der Waals surface area contributed by atoms with E-state index in [0.29, 0.717) is 48.5 Å². The molecule has 5 rings (SSSR count). The number of aromatic hydroxyl groups is 1. The van der Waals surface area contributed by atoms with Crippen LogP contribution in [0.4, 0.5) is 0 Å². The average molecular weight is 652 g/mol. The number of hydrogen-bond donors (Lipinski definition) is 6. The van der Waals surface area contributed by atoms with Crippen molar-refractivity contribution >= 4 is 5.84 Å². The zero-order valence-corrected chi connectivity index (χ0v) is 28.1. The highest BCUT2D eigenvalue weighted by Crippen LogP contribution is 2.35. The molecule has 252 valence electrons. The number of nitrogen functional groups attached to an aromatic ring is 1. The van der Waals surface area contributed by atoms with Crippen LogP contribution < -0.4 is 21.1 Å². The minimum absolute atomic E-state index is 0.0627. The summed E-state index contributed by atoms with van der Waals surface area (Å²) < 4.78 is 11.7. The monoisotopic (exact) mass is 651 g/mol. The molecule has 4 aromatic rings. The molecule has 0 saturated carbocycles. The Labute approximate surface area is 282 Å². The number of rotatable bonds is 12. The van der Waals surface area contributed by atoms with E-state index in [1.807, 2.05) is 75.5 Å². The summed E-state index contributed by atoms with van der Waals surface area (Å²) in [6, 6.07) is 17.3. The number of aliphatic hydroxyl groups excluding tert-OH is 1. The van der Waals surface area contributed by atoms with Crippen molar-refractivity contribution in [1.29, 1.82) is 10.7 Å². The molecule has 1 aliphatic heterocycles. The molecule has 0 radical (unpaired) electrons. The van der Waals surface area contributed by atoms with Crippen LogP contribution in [-0.2, 0) is 43.9 Å². The van der Waals surface area contributed by atoms with E-state index in [0.717, 1.165) is 58.8 Å². The van der Waals surface area contributed by atoms with Gasteiger partial charge >= 0.3 is 0 Å². The second-order valence-electron chi connectivity index (χ2n) is 12.1. The van der Waals surface area contributed by atoms with Gasteiger partial charge in [0.2, 0.25) is 5.79 Å². The van der Waals surface area contributed by atoms with E-state index in [2.05, 4.69) is 26.7 Å². The van der Waals surface area contributed by atoms with Crippen molar-refractivity contribution in [2.75, 3.05) is 13.1 Å². The van der Waals surface area contributed by atoms with Gasteiger partial charge in [0.25, 0.3) is 0 Å². The number of nitriles is 1. The number of pyridine rings is 2. The standard InChI is InChI=1S/C20H23N3O2.C17H22N4O2/c1-14-19-18(13-24-20(2,3)25-19)17(12-23-14)8-9-22-11-16-6-4-15(10-21)5-7-16;1-11-16(23)15(10-22)14(9-21-11)6-7-20-8-12-2-4-13(5-3-12)17(18)19/h4-7,12,22H,8-9,11,13H2,1-3H3;2-5,9,20,22-23H,6-8,10H2,1H3,(H3,18,19). The van der Waals surface area contributed by atoms with E-state index in [1.54, 1.807) is 13.1 Å². The third-order valence-corrected chi connectivity index (χ3v) is 8.05. The molecule has 3 heterocycles. The summed E-state index contributed by atoms with van der Waals surface area (Å²) in [6.45, 7) is 10.9. The van der Waals surface area contributed by atoms with Gasteiger partial charge in [-0.1, -0.05) is 36.4 Å². The van der Waals surface area contributed by atoms with E-state index in [-0.39, 0.29) is 18.2 Å². The Bertz CT molecular complexity index is 1730. The van der Waals surface area contributed by atoms with Crippen LogP contribution in [0.2, 0.25) is 0 Å². The van der Waals surface area contributed by atoms with Crippen LogP contribution >= 0.6 is 0 Å². The Morgan fingerprint density at radius 2 is 1.50 bits per heavy atom. The normalized spacial score (nSPS) is 13.0. The Morgan fingerprint density at radius 1 is 0.938 bits per heavy atom. The van der Waals surface area contributed by atoms with E-state index in [1.165, 1.54) is 0 Å². The number of benzene rings is 2. The Kier molecular flexibility index (Phi) is 12.6. The minimum Gasteiger partial charge on any atom is -0.506 e. The first kappa shape index (κ1) is 36.0. The molecule has 0 spiro atoms. The fraction of sp³-hybridized carbons (Fsp3) is 0.351. The summed E-state index contributed by atoms with van der Waals surface area (Å²) in [4.78, 5) is 8.60. The zero-order valence-electron chi connectivity index (χ0n) is 28.1. The predicted molar refractivity (Wildman–Crippen MR) is 184 cm³/mol. The quantitative estimate of drug-likeness (QED) is 0.0728. The topological polar surface area (TPSA) is 182 Å². The van der Waals surface area contributed by atoms with Gasteiger partial charge in [0.15, 0.2) is 0 Å². The molecule has 2 aromatic carbocycles. The molecule has 0 fully saturated rings. The van der Waals surface area contributed by atoms with Crippen LogP contribution in [0.1, 0.15) is 69.7 Å². The summed E-state index contributed by atoms with van der Waals surface area (Å²) in [7, 11) is 0. The van der Waals surface area contributed by atoms with E-state index >= 15 is 0 Å². The molecule has 0 bridgehead atoms. The number of fused-ring (bicyclic) bond motifs is 1. The summed E-state index contributed by atoms with van der Waals surface area (Å²) in [5.41, 5.74) is 14.2. The van der Waals surface area contributed by atoms with Gasteiger partial charge in [0.05, 0.1) is 36.2 Å². The number of ether oxygens (including phenoxy) is 2. The van der Waals surface area contributed by atoms with Gasteiger partial charge in [-0.15, -0.1) is 0 Å². The summed E-state index contributed by atoms with van der Waals surface area (Å²) >= 11 is 0. The van der Waals surface area contributed by atoms with Gasteiger partial charge in [-0.05, 0) is 74.2 Å². The molecule has 7 N–H and O–H groups in total. The van der Waals surface area contributed by atoms with Crippen molar-refractivity contribution in [3.8, 4) is 17.6 Å². The smallest absolute Gasteiger partial charge is 0.205 e. The van der Waals surface area contributed by atoms with Crippen molar-refractivity contribution in [1.82, 2.24) is 20.6 Å². The van der Waals surface area contributed by atoms with Crippen molar-refractivity contribution < 1.29 is 19.7 Å². The van der Waals surface area contributed by atoms with Crippen molar-refractivity contribution in [2.24, 2.45) is 5.73 Å². The lowest BCUT2D eigenvalue weighted by Gasteiger charge is -2.34. The molecule has 0 unspecified atom stereocenters. The first-order chi connectivity index (χ1) is 23.0. The van der Waals surface area contributed by atoms with Gasteiger partial charge in [-0.25, -0.2) is 0 Å². The molecule has 0 aliphatic carbocycles. The van der Waals surface area contributed by atoms with Gasteiger partial charge in [-0.3, -0.25) is 15.4 Å². The Hall–Kier alpha value is -4.86. The Balaban J connectivity index is 0.000000218. The van der Waals surface area contributed by atoms with Gasteiger partial charge in [0, 0.05) is 56.0 Å². The first-order valence-electron chi connectivity index (χ1n) is 15.9. The number of aryl methyl sites for hydroxylation is 2. The lowest BCUT2D eigenvalue weighted by Crippen LogP contribution is -2.36. The zero-order chi connectivity index (χ0) is 34.7. The number of amidine groups is 1. The second kappa shape index (κ2) is 16.8. The predicted octanol–water partition coefficient (Wildman–Crippen LogP) is 4.44. The third-order valence-electron chi connectivity index (χ3n) is 8.05. The number of hydrogen-bond acceptors (Lipinski definition) is 10. The molecule has 1 aliphatic rings. The Morgan fingerprint density at radius 3 is 2.08 bits per heavy atom. The van der Waals surface area contributed by atoms with Gasteiger partial charge < -0.3 is 36.1 Å². The largest absolute Gasteiger partial charge is 0.506 e. The molecule has 11 heteroatoms. The summed E-state index contributed by atoms with van der Waals surface area (Å²) in [5.74, 6) is 0.393. The summed E-state index contributed by atoms with van der Waals surface area (Å²) in [6.07, 6.45) is 5.15. The van der Waals surface area contributed by atoms with E-state index in [9.17, 15) is 10.2 Å². The molecular formula is C37H45N7O4. The molecule has 2 aromatic heterocycles. The molecular weight excluding hydrogens is 606 g/mol. The van der Waals surface area contributed by atoms with Crippen molar-refractivity contribution in [2.45, 2.75) is 72.6 Å². The van der Waals surface area contributed by atoms with E-state index in [4.69, 9.17) is 25.9 Å². The highest BCUT2D eigenvalue weighted by atomic mass is 16.7. The number of nitrogens with two attached hydrogens (primary N) is 1. The van der Waals surface area contributed by atoms with Crippen LogP contribution in [-0.4, -0.2) is 44.9 Å². The lowest BCUT2D eigenvalue weighted by atomic mass is 10.0. The van der Waals surface area contributed by atoms with E-state index < -0.39 is 5.79 Å². The maximum atomic E-state index is 9.91. The van der Waals surface area contributed by atoms with Crippen LogP contribution in [0.25, 0.3) is 0 Å². The van der Waals surface area contributed by atoms with Crippen molar-refractivity contribution in [3.63, 3.8) is 0 Å². The summed E-state index contributed by atoms with van der Waals surface area (Å²) in [5, 5.41) is 42.2. The van der Waals surface area contributed by atoms with Crippen LogP contribution in [0.5, 0.6) is 11.5 Å². The SMILES string of the molecule is Cc1ncc(CCNCc2ccc(C#N)cc2)c2c1OC(C)(C)OC2.Cc1ncc(CCNCc2ccc(C(=N)N)cc2)c(CO)c1O. The van der Waals surface area contributed by atoms with Crippen LogP contribution in [0.3, 0.4) is 0 Å². The highest BCUT2D eigenvalue weighted by molar-refractivity contribution is 5.94. The molecule has 0 amide bonds. The molecule has 11 nitrogen and oxygen atoms in total. The van der Waals surface area contributed by atoms with Gasteiger partial charge in [0.1, 0.15) is 17.3 Å². The second-order valence-corrected chi connectivity index (χ2v) is 12.1. The maximum Gasteiger partial charge on any atom is 0.205 e. The average Bonchev–Trinajstić information content (AvgIpc) is 3.08. The highest BCUT2D eigenvalue weighted by Gasteiger charge is 2.30. The number of nitrogens with one attached hydrogen (secondary N) is 3. The number of aromatic nitrogens is 2.